The second-order valence-electron chi connectivity index (χ2n) is 5.26. The van der Waals surface area contributed by atoms with Crippen LogP contribution in [0.15, 0.2) is 21.3 Å². The predicted molar refractivity (Wildman–Crippen MR) is 93.7 cm³/mol. The molecule has 8 heteroatoms. The number of halogens is 1. The average Bonchev–Trinajstić information content (AvgIpc) is 3.21. The molecule has 2 rings (SSSR count). The molecule has 0 saturated heterocycles. The van der Waals surface area contributed by atoms with E-state index in [1.54, 1.807) is 11.3 Å². The number of aryl methyl sites for hydroxylation is 1. The molecule has 2 aromatic heterocycles. The highest BCUT2D eigenvalue weighted by molar-refractivity contribution is 7.08. The van der Waals surface area contributed by atoms with Crippen molar-refractivity contribution >= 4 is 29.7 Å². The maximum atomic E-state index is 12.1. The van der Waals surface area contributed by atoms with Gasteiger partial charge in [0.05, 0.1) is 5.54 Å². The molecule has 6 nitrogen and oxygen atoms in total. The number of carbonyl (C=O) groups is 1. The number of carbonyl (C=O) groups excluding carboxylic acids is 1. The van der Waals surface area contributed by atoms with Crippen LogP contribution >= 0.6 is 23.7 Å². The smallest absolute Gasteiger partial charge is 0.227 e. The van der Waals surface area contributed by atoms with Gasteiger partial charge in [-0.2, -0.15) is 16.3 Å². The third kappa shape index (κ3) is 5.02. The largest absolute Gasteiger partial charge is 0.349 e. The summed E-state index contributed by atoms with van der Waals surface area (Å²) in [6.45, 7) is 4.50. The Labute approximate surface area is 146 Å². The summed E-state index contributed by atoms with van der Waals surface area (Å²) in [7, 11) is 0. The van der Waals surface area contributed by atoms with Crippen molar-refractivity contribution in [3.8, 4) is 11.4 Å². The fourth-order valence-electron chi connectivity index (χ4n) is 2.21. The highest BCUT2D eigenvalue weighted by Gasteiger charge is 2.26. The molecule has 0 spiro atoms. The first-order valence-corrected chi connectivity index (χ1v) is 8.43. The Balaban J connectivity index is 0.00000264. The molecule has 3 N–H and O–H groups in total. The number of aromatic nitrogens is 2. The minimum atomic E-state index is -0.312. The van der Waals surface area contributed by atoms with E-state index in [4.69, 9.17) is 10.3 Å². The standard InChI is InChI=1S/C15H22N4O2S.ClH/c1-3-15(4-2,10-16)18-12(20)5-6-13-17-14(19-21-13)11-7-8-22-9-11;/h7-9H,3-6,10,16H2,1-2H3,(H,18,20);1H. The Morgan fingerprint density at radius 2 is 2.17 bits per heavy atom. The van der Waals surface area contributed by atoms with Gasteiger partial charge in [-0.1, -0.05) is 19.0 Å². The van der Waals surface area contributed by atoms with Crippen LogP contribution < -0.4 is 11.1 Å². The zero-order chi connectivity index (χ0) is 16.0. The van der Waals surface area contributed by atoms with Crippen molar-refractivity contribution < 1.29 is 9.32 Å². The fraction of sp³-hybridized carbons (Fsp3) is 0.533. The van der Waals surface area contributed by atoms with E-state index in [0.717, 1.165) is 18.4 Å². The maximum absolute atomic E-state index is 12.1. The first-order valence-electron chi connectivity index (χ1n) is 7.48. The van der Waals surface area contributed by atoms with Gasteiger partial charge in [-0.3, -0.25) is 4.79 Å². The SMILES string of the molecule is CCC(CC)(CN)NC(=O)CCc1nc(-c2ccsc2)no1.Cl. The van der Waals surface area contributed by atoms with Gasteiger partial charge >= 0.3 is 0 Å². The monoisotopic (exact) mass is 358 g/mol. The Morgan fingerprint density at radius 3 is 2.74 bits per heavy atom. The van der Waals surface area contributed by atoms with E-state index in [9.17, 15) is 4.79 Å². The van der Waals surface area contributed by atoms with E-state index in [-0.39, 0.29) is 23.9 Å². The lowest BCUT2D eigenvalue weighted by atomic mass is 9.92. The molecule has 2 heterocycles. The zero-order valence-corrected chi connectivity index (χ0v) is 15.0. The molecule has 1 amide bonds. The van der Waals surface area contributed by atoms with E-state index in [1.807, 2.05) is 30.7 Å². The Morgan fingerprint density at radius 1 is 1.43 bits per heavy atom. The fourth-order valence-corrected chi connectivity index (χ4v) is 2.84. The summed E-state index contributed by atoms with van der Waals surface area (Å²) < 4.78 is 5.19. The molecule has 0 saturated carbocycles. The molecule has 0 fully saturated rings. The summed E-state index contributed by atoms with van der Waals surface area (Å²) in [6, 6.07) is 1.93. The normalized spacial score (nSPS) is 11.1. The van der Waals surface area contributed by atoms with Crippen LogP contribution in [0.3, 0.4) is 0 Å². The Kier molecular flexibility index (Phi) is 7.67. The van der Waals surface area contributed by atoms with Gasteiger partial charge in [0.1, 0.15) is 0 Å². The highest BCUT2D eigenvalue weighted by atomic mass is 35.5. The summed E-state index contributed by atoms with van der Waals surface area (Å²) in [5.74, 6) is 1.00. The molecular weight excluding hydrogens is 336 g/mol. The lowest BCUT2D eigenvalue weighted by Crippen LogP contribution is -2.52. The summed E-state index contributed by atoms with van der Waals surface area (Å²) in [5.41, 5.74) is 6.41. The van der Waals surface area contributed by atoms with Crippen molar-refractivity contribution in [2.24, 2.45) is 5.73 Å². The molecule has 2 aromatic rings. The van der Waals surface area contributed by atoms with Crippen LogP contribution in [0.2, 0.25) is 0 Å². The van der Waals surface area contributed by atoms with E-state index < -0.39 is 0 Å². The number of amides is 1. The lowest BCUT2D eigenvalue weighted by molar-refractivity contribution is -0.123. The molecule has 0 aliphatic heterocycles. The topological polar surface area (TPSA) is 94.0 Å². The van der Waals surface area contributed by atoms with Crippen molar-refractivity contribution in [1.29, 1.82) is 0 Å². The van der Waals surface area contributed by atoms with E-state index in [1.165, 1.54) is 0 Å². The van der Waals surface area contributed by atoms with Gasteiger partial charge in [0, 0.05) is 30.3 Å². The number of nitrogens with one attached hydrogen (secondary N) is 1. The minimum absolute atomic E-state index is 0. The Bertz CT molecular complexity index is 588. The highest BCUT2D eigenvalue weighted by Crippen LogP contribution is 2.19. The van der Waals surface area contributed by atoms with Crippen molar-refractivity contribution in [2.75, 3.05) is 6.54 Å². The maximum Gasteiger partial charge on any atom is 0.227 e. The molecule has 0 atom stereocenters. The number of nitrogens with zero attached hydrogens (tertiary/aromatic N) is 2. The zero-order valence-electron chi connectivity index (χ0n) is 13.4. The molecule has 0 unspecified atom stereocenters. The van der Waals surface area contributed by atoms with Gasteiger partial charge in [-0.25, -0.2) is 0 Å². The van der Waals surface area contributed by atoms with Gasteiger partial charge in [-0.05, 0) is 24.3 Å². The predicted octanol–water partition coefficient (Wildman–Crippen LogP) is 2.79. The third-order valence-electron chi connectivity index (χ3n) is 3.96. The van der Waals surface area contributed by atoms with Crippen LogP contribution in [0.4, 0.5) is 0 Å². The van der Waals surface area contributed by atoms with E-state index in [0.29, 0.717) is 31.1 Å². The van der Waals surface area contributed by atoms with Gasteiger partial charge in [0.15, 0.2) is 0 Å². The second-order valence-corrected chi connectivity index (χ2v) is 6.04. The van der Waals surface area contributed by atoms with Crippen LogP contribution in [0.5, 0.6) is 0 Å². The molecule has 0 radical (unpaired) electrons. The summed E-state index contributed by atoms with van der Waals surface area (Å²) in [6.07, 6.45) is 2.37. The number of hydrogen-bond acceptors (Lipinski definition) is 6. The van der Waals surface area contributed by atoms with Gasteiger partial charge in [0.25, 0.3) is 0 Å². The number of hydrogen-bond donors (Lipinski definition) is 2. The molecule has 128 valence electrons. The lowest BCUT2D eigenvalue weighted by Gasteiger charge is -2.31. The number of rotatable bonds is 8. The summed E-state index contributed by atoms with van der Waals surface area (Å²) in [5, 5.41) is 10.9. The van der Waals surface area contributed by atoms with E-state index in [2.05, 4.69) is 15.5 Å². The first-order chi connectivity index (χ1) is 10.6. The second kappa shape index (κ2) is 9.00. The van der Waals surface area contributed by atoms with Crippen molar-refractivity contribution in [3.63, 3.8) is 0 Å². The van der Waals surface area contributed by atoms with Gasteiger partial charge < -0.3 is 15.6 Å². The van der Waals surface area contributed by atoms with Crippen LogP contribution in [0, 0.1) is 0 Å². The molecular formula is C15H23ClN4O2S. The van der Waals surface area contributed by atoms with Gasteiger partial charge in [-0.15, -0.1) is 12.4 Å². The van der Waals surface area contributed by atoms with Gasteiger partial charge in [0.2, 0.25) is 17.6 Å². The van der Waals surface area contributed by atoms with Crippen molar-refractivity contribution in [2.45, 2.75) is 45.1 Å². The molecule has 0 aliphatic carbocycles. The summed E-state index contributed by atoms with van der Waals surface area (Å²) >= 11 is 1.58. The Hall–Kier alpha value is -1.44. The van der Waals surface area contributed by atoms with Crippen molar-refractivity contribution in [1.82, 2.24) is 15.5 Å². The van der Waals surface area contributed by atoms with E-state index >= 15 is 0 Å². The number of nitrogens with two attached hydrogens (primary N) is 1. The third-order valence-corrected chi connectivity index (χ3v) is 4.65. The first kappa shape index (κ1) is 19.6. The average molecular weight is 359 g/mol. The van der Waals surface area contributed by atoms with Crippen LogP contribution in [0.1, 0.15) is 39.0 Å². The summed E-state index contributed by atoms with van der Waals surface area (Å²) in [4.78, 5) is 16.4. The minimum Gasteiger partial charge on any atom is -0.349 e. The number of thiophene rings is 1. The van der Waals surface area contributed by atoms with Crippen molar-refractivity contribution in [3.05, 3.63) is 22.7 Å². The molecule has 0 aliphatic rings. The molecule has 0 bridgehead atoms. The quantitative estimate of drug-likeness (QED) is 0.756. The van der Waals surface area contributed by atoms with Crippen LogP contribution in [0.25, 0.3) is 11.4 Å². The van der Waals surface area contributed by atoms with Crippen LogP contribution in [-0.2, 0) is 11.2 Å². The molecule has 23 heavy (non-hydrogen) atoms. The van der Waals surface area contributed by atoms with Crippen LogP contribution in [-0.4, -0.2) is 28.1 Å². The molecule has 0 aromatic carbocycles.